The minimum atomic E-state index is -0.322. The molecule has 2 amide bonds. The number of benzene rings is 1. The lowest BCUT2D eigenvalue weighted by Crippen LogP contribution is -2.20. The van der Waals surface area contributed by atoms with Gasteiger partial charge in [0, 0.05) is 18.3 Å². The largest absolute Gasteiger partial charge is 0.508 e. The first-order valence-corrected chi connectivity index (χ1v) is 5.69. The molecule has 1 aromatic carbocycles. The Bertz CT molecular complexity index is 491. The first kappa shape index (κ1) is 12.2. The second-order valence-electron chi connectivity index (χ2n) is 4.09. The van der Waals surface area contributed by atoms with E-state index in [1.54, 1.807) is 18.3 Å². The van der Waals surface area contributed by atoms with Crippen molar-refractivity contribution >= 4 is 11.8 Å². The highest BCUT2D eigenvalue weighted by molar-refractivity contribution is 6.13. The maximum absolute atomic E-state index is 11.2. The average molecular weight is 246 g/mol. The normalized spacial score (nSPS) is 17.0. The van der Waals surface area contributed by atoms with Gasteiger partial charge in [-0.05, 0) is 24.1 Å². The van der Waals surface area contributed by atoms with E-state index >= 15 is 0 Å². The van der Waals surface area contributed by atoms with Crippen LogP contribution in [0.2, 0.25) is 0 Å². The summed E-state index contributed by atoms with van der Waals surface area (Å²) in [6.07, 6.45) is 2.51. The minimum Gasteiger partial charge on any atom is -0.508 e. The van der Waals surface area contributed by atoms with Gasteiger partial charge >= 0.3 is 0 Å². The topological polar surface area (TPSA) is 78.4 Å². The Morgan fingerprint density at radius 3 is 2.61 bits per heavy atom. The van der Waals surface area contributed by atoms with Gasteiger partial charge in [0.1, 0.15) is 5.75 Å². The first-order chi connectivity index (χ1) is 8.65. The number of phenolic OH excluding ortho intramolecular Hbond substituents is 1. The van der Waals surface area contributed by atoms with Crippen LogP contribution in [0, 0.1) is 0 Å². The fourth-order valence-electron chi connectivity index (χ4n) is 1.70. The lowest BCUT2D eigenvalue weighted by molar-refractivity contribution is -0.124. The van der Waals surface area contributed by atoms with Gasteiger partial charge in [-0.3, -0.25) is 14.9 Å². The number of amides is 2. The molecule has 0 saturated carbocycles. The van der Waals surface area contributed by atoms with Crippen LogP contribution in [0.4, 0.5) is 0 Å². The number of carbonyl (C=O) groups is 2. The molecule has 0 atom stereocenters. The van der Waals surface area contributed by atoms with Gasteiger partial charge in [-0.1, -0.05) is 12.1 Å². The van der Waals surface area contributed by atoms with Crippen molar-refractivity contribution in [3.63, 3.8) is 0 Å². The molecule has 1 aliphatic rings. The molecule has 0 aliphatic carbocycles. The van der Waals surface area contributed by atoms with Gasteiger partial charge in [0.05, 0.1) is 6.42 Å². The average Bonchev–Trinajstić information content (AvgIpc) is 2.66. The van der Waals surface area contributed by atoms with Gasteiger partial charge < -0.3 is 10.4 Å². The van der Waals surface area contributed by atoms with E-state index in [-0.39, 0.29) is 24.0 Å². The van der Waals surface area contributed by atoms with Crippen molar-refractivity contribution in [3.05, 3.63) is 41.6 Å². The first-order valence-electron chi connectivity index (χ1n) is 5.69. The Labute approximate surface area is 105 Å². The van der Waals surface area contributed by atoms with Crippen molar-refractivity contribution in [2.24, 2.45) is 0 Å². The molecule has 0 unspecified atom stereocenters. The zero-order valence-corrected chi connectivity index (χ0v) is 9.77. The highest BCUT2D eigenvalue weighted by Gasteiger charge is 2.23. The monoisotopic (exact) mass is 246 g/mol. The second kappa shape index (κ2) is 5.35. The SMILES string of the molecule is O=C1CC(=CNCCc2ccc(O)cc2)C(=O)N1. The van der Waals surface area contributed by atoms with Gasteiger partial charge in [-0.25, -0.2) is 0 Å². The standard InChI is InChI=1S/C13H14N2O3/c16-11-3-1-9(2-4-11)5-6-14-8-10-7-12(17)15-13(10)18/h1-4,8,14,16H,5-7H2,(H,15,17,18). The third kappa shape index (κ3) is 3.10. The van der Waals surface area contributed by atoms with Crippen LogP contribution in [-0.4, -0.2) is 23.5 Å². The number of carbonyl (C=O) groups excluding carboxylic acids is 2. The van der Waals surface area contributed by atoms with E-state index in [1.807, 2.05) is 12.1 Å². The summed E-state index contributed by atoms with van der Waals surface area (Å²) in [6.45, 7) is 0.662. The zero-order valence-electron chi connectivity index (χ0n) is 9.77. The van der Waals surface area contributed by atoms with Crippen LogP contribution in [-0.2, 0) is 16.0 Å². The predicted molar refractivity (Wildman–Crippen MR) is 65.7 cm³/mol. The summed E-state index contributed by atoms with van der Waals surface area (Å²) < 4.78 is 0. The molecule has 3 N–H and O–H groups in total. The van der Waals surface area contributed by atoms with Crippen molar-refractivity contribution in [1.29, 1.82) is 0 Å². The Hall–Kier alpha value is -2.30. The van der Waals surface area contributed by atoms with Crippen LogP contribution in [0.25, 0.3) is 0 Å². The molecule has 5 nitrogen and oxygen atoms in total. The molecule has 0 bridgehead atoms. The Kier molecular flexibility index (Phi) is 3.62. The number of hydrogen-bond acceptors (Lipinski definition) is 4. The molecule has 1 aliphatic heterocycles. The maximum atomic E-state index is 11.2. The molecule has 18 heavy (non-hydrogen) atoms. The van der Waals surface area contributed by atoms with Crippen molar-refractivity contribution in [2.75, 3.05) is 6.54 Å². The number of rotatable bonds is 4. The number of imide groups is 1. The summed E-state index contributed by atoms with van der Waals surface area (Å²) in [5.41, 5.74) is 1.55. The van der Waals surface area contributed by atoms with E-state index in [0.29, 0.717) is 12.1 Å². The molecule has 5 heteroatoms. The second-order valence-corrected chi connectivity index (χ2v) is 4.09. The highest BCUT2D eigenvalue weighted by Crippen LogP contribution is 2.10. The molecule has 2 rings (SSSR count). The summed E-state index contributed by atoms with van der Waals surface area (Å²) in [5, 5.41) is 14.3. The van der Waals surface area contributed by atoms with E-state index in [1.165, 1.54) is 0 Å². The van der Waals surface area contributed by atoms with Crippen LogP contribution in [0.1, 0.15) is 12.0 Å². The van der Waals surface area contributed by atoms with Crippen molar-refractivity contribution in [2.45, 2.75) is 12.8 Å². The molecule has 0 aromatic heterocycles. The van der Waals surface area contributed by atoms with Crippen LogP contribution >= 0.6 is 0 Å². The predicted octanol–water partition coefficient (Wildman–Crippen LogP) is 0.455. The Morgan fingerprint density at radius 2 is 2.00 bits per heavy atom. The van der Waals surface area contributed by atoms with Gasteiger partial charge in [0.2, 0.25) is 5.91 Å². The lowest BCUT2D eigenvalue weighted by atomic mass is 10.1. The van der Waals surface area contributed by atoms with Crippen molar-refractivity contribution in [1.82, 2.24) is 10.6 Å². The number of aromatic hydroxyl groups is 1. The van der Waals surface area contributed by atoms with Crippen LogP contribution in [0.5, 0.6) is 5.75 Å². The molecule has 1 aromatic rings. The van der Waals surface area contributed by atoms with Crippen molar-refractivity contribution in [3.8, 4) is 5.75 Å². The molecule has 1 heterocycles. The number of phenols is 1. The third-order valence-electron chi connectivity index (χ3n) is 2.67. The zero-order chi connectivity index (χ0) is 13.0. The Balaban J connectivity index is 1.79. The fraction of sp³-hybridized carbons (Fsp3) is 0.231. The van der Waals surface area contributed by atoms with E-state index in [4.69, 9.17) is 5.11 Å². The Morgan fingerprint density at radius 1 is 1.28 bits per heavy atom. The van der Waals surface area contributed by atoms with Crippen LogP contribution in [0.15, 0.2) is 36.0 Å². The van der Waals surface area contributed by atoms with Crippen molar-refractivity contribution < 1.29 is 14.7 Å². The molecule has 1 fully saturated rings. The smallest absolute Gasteiger partial charge is 0.255 e. The summed E-state index contributed by atoms with van der Waals surface area (Å²) in [4.78, 5) is 22.1. The van der Waals surface area contributed by atoms with Gasteiger partial charge in [-0.15, -0.1) is 0 Å². The molecule has 1 saturated heterocycles. The number of hydrogen-bond donors (Lipinski definition) is 3. The summed E-state index contributed by atoms with van der Waals surface area (Å²) in [7, 11) is 0. The van der Waals surface area contributed by atoms with Crippen LogP contribution < -0.4 is 10.6 Å². The fourth-order valence-corrected chi connectivity index (χ4v) is 1.70. The highest BCUT2D eigenvalue weighted by atomic mass is 16.3. The third-order valence-corrected chi connectivity index (χ3v) is 2.67. The summed E-state index contributed by atoms with van der Waals surface area (Å²) >= 11 is 0. The van der Waals surface area contributed by atoms with Crippen LogP contribution in [0.3, 0.4) is 0 Å². The van der Waals surface area contributed by atoms with E-state index in [2.05, 4.69) is 10.6 Å². The molecule has 0 radical (unpaired) electrons. The molecule has 94 valence electrons. The quantitative estimate of drug-likeness (QED) is 0.409. The van der Waals surface area contributed by atoms with E-state index in [9.17, 15) is 9.59 Å². The van der Waals surface area contributed by atoms with E-state index in [0.717, 1.165) is 12.0 Å². The molecule has 0 spiro atoms. The summed E-state index contributed by atoms with van der Waals surface area (Å²) in [6, 6.07) is 6.96. The molecular weight excluding hydrogens is 232 g/mol. The van der Waals surface area contributed by atoms with Gasteiger partial charge in [0.15, 0.2) is 0 Å². The minimum absolute atomic E-state index is 0.144. The number of nitrogens with one attached hydrogen (secondary N) is 2. The molecular formula is C13H14N2O3. The van der Waals surface area contributed by atoms with Gasteiger partial charge in [-0.2, -0.15) is 0 Å². The summed E-state index contributed by atoms with van der Waals surface area (Å²) in [5.74, 6) is -0.335. The lowest BCUT2D eigenvalue weighted by Gasteiger charge is -2.02. The van der Waals surface area contributed by atoms with Gasteiger partial charge in [0.25, 0.3) is 5.91 Å². The maximum Gasteiger partial charge on any atom is 0.255 e. The van der Waals surface area contributed by atoms with E-state index < -0.39 is 0 Å².